The van der Waals surface area contributed by atoms with Crippen molar-refractivity contribution in [3.63, 3.8) is 0 Å². The highest BCUT2D eigenvalue weighted by molar-refractivity contribution is 9.10. The van der Waals surface area contributed by atoms with Crippen molar-refractivity contribution in [2.24, 2.45) is 0 Å². The average Bonchev–Trinajstić information content (AvgIpc) is 2.02. The number of nitrogens with zero attached hydrogens (tertiary/aromatic N) is 1. The molecular formula is C6H6BrNO4S. The third-order valence-electron chi connectivity index (χ3n) is 1.27. The Morgan fingerprint density at radius 3 is 2.62 bits per heavy atom. The van der Waals surface area contributed by atoms with E-state index in [1.54, 1.807) is 0 Å². The third-order valence-corrected chi connectivity index (χ3v) is 2.66. The first-order chi connectivity index (χ1) is 5.95. The van der Waals surface area contributed by atoms with Gasteiger partial charge in [-0.2, -0.15) is 8.42 Å². The van der Waals surface area contributed by atoms with Crippen molar-refractivity contribution in [3.8, 4) is 5.88 Å². The maximum Gasteiger partial charge on any atom is 0.296 e. The van der Waals surface area contributed by atoms with Gasteiger partial charge in [-0.05, 0) is 22.0 Å². The molecule has 1 heterocycles. The van der Waals surface area contributed by atoms with E-state index in [9.17, 15) is 8.42 Å². The summed E-state index contributed by atoms with van der Waals surface area (Å²) in [5.74, 6) is 0.257. The van der Waals surface area contributed by atoms with Crippen LogP contribution in [-0.2, 0) is 10.1 Å². The Morgan fingerprint density at radius 1 is 1.62 bits per heavy atom. The minimum Gasteiger partial charge on any atom is -0.480 e. The zero-order valence-electron chi connectivity index (χ0n) is 6.56. The van der Waals surface area contributed by atoms with Crippen molar-refractivity contribution in [2.75, 3.05) is 7.11 Å². The lowest BCUT2D eigenvalue weighted by atomic mass is 10.5. The quantitative estimate of drug-likeness (QED) is 0.813. The molecule has 0 aromatic carbocycles. The Labute approximate surface area is 83.6 Å². The van der Waals surface area contributed by atoms with Crippen LogP contribution in [0.4, 0.5) is 0 Å². The first kappa shape index (κ1) is 10.4. The predicted molar refractivity (Wildman–Crippen MR) is 48.3 cm³/mol. The molecular weight excluding hydrogens is 262 g/mol. The van der Waals surface area contributed by atoms with Gasteiger partial charge in [0, 0.05) is 0 Å². The standard InChI is InChI=1S/C6H6BrNO4S/c1-12-6-5(7)2-4(3-8-6)13(9,10)11/h2-3H,1H3,(H,9,10,11). The van der Waals surface area contributed by atoms with E-state index < -0.39 is 10.1 Å². The summed E-state index contributed by atoms with van der Waals surface area (Å²) in [7, 11) is -2.80. The van der Waals surface area contributed by atoms with Gasteiger partial charge < -0.3 is 4.74 Å². The van der Waals surface area contributed by atoms with Gasteiger partial charge in [0.1, 0.15) is 4.90 Å². The number of methoxy groups -OCH3 is 1. The molecule has 0 fully saturated rings. The first-order valence-corrected chi connectivity index (χ1v) is 5.35. The summed E-state index contributed by atoms with van der Waals surface area (Å²) in [4.78, 5) is 3.38. The van der Waals surface area contributed by atoms with Crippen LogP contribution in [-0.4, -0.2) is 25.1 Å². The molecule has 0 spiro atoms. The fraction of sp³-hybridized carbons (Fsp3) is 0.167. The number of ether oxygens (including phenoxy) is 1. The van der Waals surface area contributed by atoms with Crippen molar-refractivity contribution in [1.82, 2.24) is 4.98 Å². The lowest BCUT2D eigenvalue weighted by Gasteiger charge is -2.02. The van der Waals surface area contributed by atoms with Gasteiger partial charge >= 0.3 is 0 Å². The Hall–Kier alpha value is -0.660. The van der Waals surface area contributed by atoms with Crippen LogP contribution in [0.2, 0.25) is 0 Å². The molecule has 0 saturated carbocycles. The molecule has 72 valence electrons. The van der Waals surface area contributed by atoms with Crippen molar-refractivity contribution in [3.05, 3.63) is 16.7 Å². The van der Waals surface area contributed by atoms with Gasteiger partial charge in [0.05, 0.1) is 17.8 Å². The number of aromatic nitrogens is 1. The zero-order valence-corrected chi connectivity index (χ0v) is 8.96. The molecule has 13 heavy (non-hydrogen) atoms. The van der Waals surface area contributed by atoms with Crippen molar-refractivity contribution < 1.29 is 17.7 Å². The van der Waals surface area contributed by atoms with Crippen LogP contribution in [0, 0.1) is 0 Å². The SMILES string of the molecule is COc1ncc(S(=O)(=O)O)cc1Br. The van der Waals surface area contributed by atoms with E-state index in [4.69, 9.17) is 9.29 Å². The maximum absolute atomic E-state index is 10.6. The molecule has 0 amide bonds. The molecule has 0 aliphatic heterocycles. The van der Waals surface area contributed by atoms with E-state index in [1.807, 2.05) is 0 Å². The van der Waals surface area contributed by atoms with E-state index in [1.165, 1.54) is 13.2 Å². The van der Waals surface area contributed by atoms with E-state index in [-0.39, 0.29) is 10.8 Å². The second-order valence-corrected chi connectivity index (χ2v) is 4.41. The van der Waals surface area contributed by atoms with Crippen molar-refractivity contribution in [2.45, 2.75) is 4.90 Å². The molecule has 1 aromatic heterocycles. The predicted octanol–water partition coefficient (Wildman–Crippen LogP) is 1.10. The Kier molecular flexibility index (Phi) is 2.89. The topological polar surface area (TPSA) is 76.5 Å². The Morgan fingerprint density at radius 2 is 2.23 bits per heavy atom. The molecule has 0 unspecified atom stereocenters. The number of halogens is 1. The van der Waals surface area contributed by atoms with Gasteiger partial charge in [-0.25, -0.2) is 4.98 Å². The second-order valence-electron chi connectivity index (χ2n) is 2.14. The van der Waals surface area contributed by atoms with Crippen LogP contribution in [0.3, 0.4) is 0 Å². The van der Waals surface area contributed by atoms with Crippen molar-refractivity contribution >= 4 is 26.0 Å². The molecule has 0 atom stereocenters. The van der Waals surface area contributed by atoms with Crippen LogP contribution in [0.25, 0.3) is 0 Å². The van der Waals surface area contributed by atoms with Gasteiger partial charge in [0.2, 0.25) is 5.88 Å². The third kappa shape index (κ3) is 2.39. The molecule has 1 aromatic rings. The van der Waals surface area contributed by atoms with Crippen LogP contribution < -0.4 is 4.74 Å². The molecule has 0 saturated heterocycles. The van der Waals surface area contributed by atoms with E-state index in [0.29, 0.717) is 4.47 Å². The molecule has 7 heteroatoms. The minimum atomic E-state index is -4.20. The minimum absolute atomic E-state index is 0.257. The first-order valence-electron chi connectivity index (χ1n) is 3.12. The van der Waals surface area contributed by atoms with Crippen LogP contribution >= 0.6 is 15.9 Å². The Bertz CT molecular complexity index is 417. The summed E-state index contributed by atoms with van der Waals surface area (Å²) in [6.07, 6.45) is 1.01. The molecule has 0 bridgehead atoms. The summed E-state index contributed by atoms with van der Waals surface area (Å²) in [5.41, 5.74) is 0. The maximum atomic E-state index is 10.6. The summed E-state index contributed by atoms with van der Waals surface area (Å²) in [6.45, 7) is 0. The van der Waals surface area contributed by atoms with Crippen molar-refractivity contribution in [1.29, 1.82) is 0 Å². The lowest BCUT2D eigenvalue weighted by molar-refractivity contribution is 0.394. The van der Waals surface area contributed by atoms with Gasteiger partial charge in [-0.15, -0.1) is 0 Å². The normalized spacial score (nSPS) is 11.3. The number of hydrogen-bond acceptors (Lipinski definition) is 4. The van der Waals surface area contributed by atoms with E-state index in [0.717, 1.165) is 6.20 Å². The Balaban J connectivity index is 3.26. The largest absolute Gasteiger partial charge is 0.480 e. The summed E-state index contributed by atoms with van der Waals surface area (Å²) in [6, 6.07) is 1.21. The second kappa shape index (κ2) is 3.60. The average molecular weight is 268 g/mol. The van der Waals surface area contributed by atoms with Crippen LogP contribution in [0.5, 0.6) is 5.88 Å². The molecule has 1 N–H and O–H groups in total. The van der Waals surface area contributed by atoms with Gasteiger partial charge in [-0.1, -0.05) is 0 Å². The fourth-order valence-electron chi connectivity index (χ4n) is 0.699. The highest BCUT2D eigenvalue weighted by Gasteiger charge is 2.12. The number of hydrogen-bond donors (Lipinski definition) is 1. The van der Waals surface area contributed by atoms with Gasteiger partial charge in [-0.3, -0.25) is 4.55 Å². The highest BCUT2D eigenvalue weighted by Crippen LogP contribution is 2.24. The molecule has 1 rings (SSSR count). The summed E-state index contributed by atoms with van der Waals surface area (Å²) < 4.78 is 35.1. The van der Waals surface area contributed by atoms with Crippen LogP contribution in [0.15, 0.2) is 21.6 Å². The lowest BCUT2D eigenvalue weighted by Crippen LogP contribution is -1.99. The smallest absolute Gasteiger partial charge is 0.296 e. The molecule has 5 nitrogen and oxygen atoms in total. The highest BCUT2D eigenvalue weighted by atomic mass is 79.9. The van der Waals surface area contributed by atoms with E-state index >= 15 is 0 Å². The zero-order chi connectivity index (χ0) is 10.1. The van der Waals surface area contributed by atoms with Crippen LogP contribution in [0.1, 0.15) is 0 Å². The number of pyridine rings is 1. The summed E-state index contributed by atoms with van der Waals surface area (Å²) in [5, 5.41) is 0. The van der Waals surface area contributed by atoms with Gasteiger partial charge in [0.25, 0.3) is 10.1 Å². The number of rotatable bonds is 2. The van der Waals surface area contributed by atoms with E-state index in [2.05, 4.69) is 20.9 Å². The molecule has 0 aliphatic rings. The summed E-state index contributed by atoms with van der Waals surface area (Å²) >= 11 is 3.04. The molecule has 0 radical (unpaired) electrons. The molecule has 0 aliphatic carbocycles. The monoisotopic (exact) mass is 267 g/mol. The fourth-order valence-corrected chi connectivity index (χ4v) is 1.81. The van der Waals surface area contributed by atoms with Gasteiger partial charge in [0.15, 0.2) is 0 Å².